The molecule has 1 aromatic carbocycles. The van der Waals surface area contributed by atoms with Gasteiger partial charge in [-0.05, 0) is 49.2 Å². The number of aromatic nitrogens is 2. The maximum Gasteiger partial charge on any atom is 0.239 e. The van der Waals surface area contributed by atoms with E-state index in [1.54, 1.807) is 25.1 Å². The average Bonchev–Trinajstić information content (AvgIpc) is 3.11. The molecule has 0 bridgehead atoms. The zero-order valence-corrected chi connectivity index (χ0v) is 14.6. The lowest BCUT2D eigenvalue weighted by Gasteiger charge is -2.21. The number of carbonyl (C=O) groups is 2. The summed E-state index contributed by atoms with van der Waals surface area (Å²) in [4.78, 5) is 35.6. The van der Waals surface area contributed by atoms with Gasteiger partial charge in [-0.25, -0.2) is 4.98 Å². The van der Waals surface area contributed by atoms with Crippen molar-refractivity contribution in [1.82, 2.24) is 9.97 Å². The van der Waals surface area contributed by atoms with Crippen LogP contribution in [0.25, 0.3) is 10.9 Å². The molecule has 1 aliphatic heterocycles. The van der Waals surface area contributed by atoms with Crippen LogP contribution in [-0.2, 0) is 23.1 Å². The standard InChI is InChI=1S/C21H17N3O2/c1-12(25)13-5-6-17-14(8-13)9-15-10-21(11-18(15)23-17)16-4-3-7-22-19(16)24(2)20(21)26/h3-9H,10-11H2,1-2H3. The van der Waals surface area contributed by atoms with E-state index in [-0.39, 0.29) is 11.7 Å². The number of hydrogen-bond donors (Lipinski definition) is 0. The van der Waals surface area contributed by atoms with Gasteiger partial charge in [-0.3, -0.25) is 19.5 Å². The Morgan fingerprint density at radius 1 is 1.19 bits per heavy atom. The zero-order valence-electron chi connectivity index (χ0n) is 14.6. The number of rotatable bonds is 1. The second kappa shape index (κ2) is 4.97. The quantitative estimate of drug-likeness (QED) is 0.638. The molecule has 3 aromatic rings. The fourth-order valence-electron chi connectivity index (χ4n) is 4.37. The highest BCUT2D eigenvalue weighted by molar-refractivity contribution is 6.08. The summed E-state index contributed by atoms with van der Waals surface area (Å²) < 4.78 is 0. The lowest BCUT2D eigenvalue weighted by Crippen LogP contribution is -2.39. The van der Waals surface area contributed by atoms with Crippen molar-refractivity contribution < 1.29 is 9.59 Å². The molecule has 26 heavy (non-hydrogen) atoms. The minimum absolute atomic E-state index is 0.0384. The number of anilines is 1. The molecule has 1 unspecified atom stereocenters. The maximum absolute atomic E-state index is 13.1. The molecule has 0 N–H and O–H groups in total. The molecule has 1 atom stereocenters. The Hall–Kier alpha value is -3.08. The number of likely N-dealkylation sites (N-methyl/N-ethyl adjacent to an activating group) is 1. The molecule has 0 radical (unpaired) electrons. The fraction of sp³-hybridized carbons (Fsp3) is 0.238. The highest BCUT2D eigenvalue weighted by Crippen LogP contribution is 2.48. The van der Waals surface area contributed by atoms with E-state index in [9.17, 15) is 9.59 Å². The molecule has 1 aliphatic carbocycles. The van der Waals surface area contributed by atoms with E-state index >= 15 is 0 Å². The van der Waals surface area contributed by atoms with Crippen LogP contribution in [0.3, 0.4) is 0 Å². The number of nitrogens with zero attached hydrogens (tertiary/aromatic N) is 3. The van der Waals surface area contributed by atoms with Gasteiger partial charge in [-0.15, -0.1) is 0 Å². The Kier molecular flexibility index (Phi) is 2.91. The largest absolute Gasteiger partial charge is 0.299 e. The molecule has 0 fully saturated rings. The Morgan fingerprint density at radius 2 is 2.04 bits per heavy atom. The van der Waals surface area contributed by atoms with E-state index in [1.165, 1.54) is 0 Å². The van der Waals surface area contributed by atoms with Crippen LogP contribution in [0.4, 0.5) is 5.82 Å². The van der Waals surface area contributed by atoms with Crippen molar-refractivity contribution in [2.24, 2.45) is 0 Å². The number of benzene rings is 1. The van der Waals surface area contributed by atoms with Crippen molar-refractivity contribution in [3.05, 3.63) is 65.0 Å². The summed E-state index contributed by atoms with van der Waals surface area (Å²) in [5.74, 6) is 0.864. The van der Waals surface area contributed by atoms with E-state index in [2.05, 4.69) is 11.1 Å². The zero-order chi connectivity index (χ0) is 18.1. The van der Waals surface area contributed by atoms with Crippen LogP contribution >= 0.6 is 0 Å². The summed E-state index contributed by atoms with van der Waals surface area (Å²) in [5, 5.41) is 0.943. The number of pyridine rings is 2. The summed E-state index contributed by atoms with van der Waals surface area (Å²) in [5.41, 5.74) is 3.96. The molecule has 3 heterocycles. The predicted molar refractivity (Wildman–Crippen MR) is 98.5 cm³/mol. The van der Waals surface area contributed by atoms with Crippen LogP contribution in [0.5, 0.6) is 0 Å². The van der Waals surface area contributed by atoms with Crippen LogP contribution in [0, 0.1) is 0 Å². The van der Waals surface area contributed by atoms with Crippen LogP contribution in [0.2, 0.25) is 0 Å². The van der Waals surface area contributed by atoms with E-state index in [0.717, 1.165) is 33.5 Å². The maximum atomic E-state index is 13.1. The molecule has 0 saturated heterocycles. The Bertz CT molecular complexity index is 1120. The summed E-state index contributed by atoms with van der Waals surface area (Å²) >= 11 is 0. The molecule has 1 spiro atoms. The summed E-state index contributed by atoms with van der Waals surface area (Å²) in [6, 6.07) is 11.6. The first kappa shape index (κ1) is 15.2. The van der Waals surface area contributed by atoms with Gasteiger partial charge in [0.05, 0.1) is 10.9 Å². The lowest BCUT2D eigenvalue weighted by molar-refractivity contribution is -0.122. The second-order valence-electron chi connectivity index (χ2n) is 7.23. The van der Waals surface area contributed by atoms with Crippen LogP contribution in [-0.4, -0.2) is 28.7 Å². The van der Waals surface area contributed by atoms with E-state index in [4.69, 9.17) is 4.98 Å². The third kappa shape index (κ3) is 1.85. The first-order valence-corrected chi connectivity index (χ1v) is 8.67. The number of Topliss-reactive ketones (excluding diaryl/α,β-unsaturated/α-hetero) is 1. The van der Waals surface area contributed by atoms with Gasteiger partial charge >= 0.3 is 0 Å². The number of amides is 1. The minimum atomic E-state index is -0.603. The Balaban J connectivity index is 1.66. The summed E-state index contributed by atoms with van der Waals surface area (Å²) in [7, 11) is 1.79. The van der Waals surface area contributed by atoms with Gasteiger partial charge in [-0.1, -0.05) is 6.07 Å². The van der Waals surface area contributed by atoms with Gasteiger partial charge in [0.1, 0.15) is 5.82 Å². The molecule has 2 aromatic heterocycles. The van der Waals surface area contributed by atoms with E-state index < -0.39 is 5.41 Å². The number of hydrogen-bond acceptors (Lipinski definition) is 4. The lowest BCUT2D eigenvalue weighted by atomic mass is 9.79. The normalized spacial score (nSPS) is 20.7. The molecule has 5 rings (SSSR count). The molecular formula is C21H17N3O2. The van der Waals surface area contributed by atoms with Gasteiger partial charge in [0.25, 0.3) is 0 Å². The van der Waals surface area contributed by atoms with Crippen molar-refractivity contribution in [1.29, 1.82) is 0 Å². The highest BCUT2D eigenvalue weighted by Gasteiger charge is 2.54. The van der Waals surface area contributed by atoms with Crippen molar-refractivity contribution in [2.45, 2.75) is 25.2 Å². The molecule has 5 heteroatoms. The van der Waals surface area contributed by atoms with Gasteiger partial charge in [0, 0.05) is 41.9 Å². The molecule has 5 nitrogen and oxygen atoms in total. The van der Waals surface area contributed by atoms with Gasteiger partial charge in [0.2, 0.25) is 5.91 Å². The monoisotopic (exact) mass is 343 g/mol. The molecule has 1 amide bonds. The minimum Gasteiger partial charge on any atom is -0.299 e. The topological polar surface area (TPSA) is 63.2 Å². The van der Waals surface area contributed by atoms with E-state index in [0.29, 0.717) is 18.4 Å². The number of ketones is 1. The molecular weight excluding hydrogens is 326 g/mol. The second-order valence-corrected chi connectivity index (χ2v) is 7.23. The van der Waals surface area contributed by atoms with Crippen molar-refractivity contribution in [3.8, 4) is 0 Å². The number of fused-ring (bicyclic) bond motifs is 4. The summed E-state index contributed by atoms with van der Waals surface area (Å²) in [6.45, 7) is 1.56. The van der Waals surface area contributed by atoms with Gasteiger partial charge < -0.3 is 0 Å². The van der Waals surface area contributed by atoms with Crippen LogP contribution in [0.15, 0.2) is 42.6 Å². The van der Waals surface area contributed by atoms with Crippen molar-refractivity contribution >= 4 is 28.4 Å². The van der Waals surface area contributed by atoms with Gasteiger partial charge in [0.15, 0.2) is 5.78 Å². The van der Waals surface area contributed by atoms with Crippen LogP contribution < -0.4 is 4.90 Å². The van der Waals surface area contributed by atoms with E-state index in [1.807, 2.05) is 30.3 Å². The first-order valence-electron chi connectivity index (χ1n) is 8.67. The van der Waals surface area contributed by atoms with Crippen molar-refractivity contribution in [2.75, 3.05) is 11.9 Å². The first-order chi connectivity index (χ1) is 12.5. The third-order valence-corrected chi connectivity index (χ3v) is 5.69. The Labute approximate surface area is 150 Å². The van der Waals surface area contributed by atoms with Gasteiger partial charge in [-0.2, -0.15) is 0 Å². The predicted octanol–water partition coefficient (Wildman–Crippen LogP) is 2.85. The fourth-order valence-corrected chi connectivity index (χ4v) is 4.37. The molecule has 0 saturated carbocycles. The van der Waals surface area contributed by atoms with Crippen molar-refractivity contribution in [3.63, 3.8) is 0 Å². The molecule has 2 aliphatic rings. The Morgan fingerprint density at radius 3 is 2.85 bits per heavy atom. The molecule has 128 valence electrons. The average molecular weight is 343 g/mol. The summed E-state index contributed by atoms with van der Waals surface area (Å²) in [6.07, 6.45) is 2.94. The highest BCUT2D eigenvalue weighted by atomic mass is 16.2. The third-order valence-electron chi connectivity index (χ3n) is 5.69. The number of carbonyl (C=O) groups excluding carboxylic acids is 2. The smallest absolute Gasteiger partial charge is 0.239 e. The SMILES string of the molecule is CC(=O)c1ccc2nc3c(cc2c1)CC1(C3)C(=O)N(C)c2ncccc21. The van der Waals surface area contributed by atoms with Crippen LogP contribution in [0.1, 0.15) is 34.1 Å².